The summed E-state index contributed by atoms with van der Waals surface area (Å²) in [5.41, 5.74) is -0.402. The van der Waals surface area contributed by atoms with Crippen LogP contribution in [0.2, 0.25) is 0 Å². The van der Waals surface area contributed by atoms with Gasteiger partial charge in [-0.25, -0.2) is 0 Å². The number of unbranched alkanes of at least 4 members (excludes halogenated alkanes) is 11. The van der Waals surface area contributed by atoms with Crippen molar-refractivity contribution in [1.82, 2.24) is 0 Å². The summed E-state index contributed by atoms with van der Waals surface area (Å²) in [4.78, 5) is 18.6. The minimum atomic E-state index is -3.87. The van der Waals surface area contributed by atoms with Gasteiger partial charge >= 0.3 is 7.60 Å². The lowest BCUT2D eigenvalue weighted by molar-refractivity contribution is 0.347. The van der Waals surface area contributed by atoms with E-state index < -0.39 is 13.3 Å². The second-order valence-electron chi connectivity index (χ2n) is 6.71. The van der Waals surface area contributed by atoms with Crippen molar-refractivity contribution in [3.63, 3.8) is 0 Å². The van der Waals surface area contributed by atoms with Crippen LogP contribution >= 0.6 is 7.60 Å². The standard InChI is InChI=1S/C18H39O3P/c1-3-5-6-7-8-9-10-11-12-13-14-15-17-18(16-4-2)22(19,20)21/h18H,3-17H2,1-2H3,(H2,19,20,21). The molecule has 22 heavy (non-hydrogen) atoms. The van der Waals surface area contributed by atoms with Gasteiger partial charge < -0.3 is 9.79 Å². The van der Waals surface area contributed by atoms with Gasteiger partial charge in [0, 0.05) is 0 Å². The molecular weight excluding hydrogens is 295 g/mol. The third-order valence-corrected chi connectivity index (χ3v) is 5.96. The van der Waals surface area contributed by atoms with Crippen molar-refractivity contribution in [2.75, 3.05) is 0 Å². The molecule has 0 aromatic carbocycles. The Morgan fingerprint density at radius 3 is 1.41 bits per heavy atom. The van der Waals surface area contributed by atoms with Crippen LogP contribution in [0, 0.1) is 0 Å². The second-order valence-corrected chi connectivity index (χ2v) is 8.62. The fourth-order valence-electron chi connectivity index (χ4n) is 3.03. The third-order valence-electron chi connectivity index (χ3n) is 4.49. The highest BCUT2D eigenvalue weighted by Crippen LogP contribution is 2.45. The minimum Gasteiger partial charge on any atom is -0.324 e. The van der Waals surface area contributed by atoms with E-state index in [0.29, 0.717) is 12.8 Å². The zero-order valence-corrected chi connectivity index (χ0v) is 15.8. The third kappa shape index (κ3) is 13.8. The summed E-state index contributed by atoms with van der Waals surface area (Å²) in [7, 11) is -3.87. The molecule has 0 spiro atoms. The summed E-state index contributed by atoms with van der Waals surface area (Å²) in [6, 6.07) is 0. The average Bonchev–Trinajstić information content (AvgIpc) is 2.46. The summed E-state index contributed by atoms with van der Waals surface area (Å²) >= 11 is 0. The minimum absolute atomic E-state index is 0.402. The zero-order valence-electron chi connectivity index (χ0n) is 14.9. The van der Waals surface area contributed by atoms with E-state index in [2.05, 4.69) is 6.92 Å². The van der Waals surface area contributed by atoms with Gasteiger partial charge in [-0.15, -0.1) is 0 Å². The molecule has 4 heteroatoms. The van der Waals surface area contributed by atoms with Gasteiger partial charge in [-0.1, -0.05) is 97.3 Å². The highest BCUT2D eigenvalue weighted by Gasteiger charge is 2.26. The Morgan fingerprint density at radius 1 is 0.636 bits per heavy atom. The van der Waals surface area contributed by atoms with Crippen molar-refractivity contribution in [1.29, 1.82) is 0 Å². The maximum Gasteiger partial charge on any atom is 0.328 e. The molecule has 0 amide bonds. The van der Waals surface area contributed by atoms with Gasteiger partial charge in [-0.2, -0.15) is 0 Å². The summed E-state index contributed by atoms with van der Waals surface area (Å²) in [6.07, 6.45) is 17.7. The summed E-state index contributed by atoms with van der Waals surface area (Å²) in [5, 5.41) is 0. The van der Waals surface area contributed by atoms with Gasteiger partial charge in [0.1, 0.15) is 0 Å². The van der Waals surface area contributed by atoms with Crippen molar-refractivity contribution in [2.24, 2.45) is 0 Å². The second kappa shape index (κ2) is 14.7. The Balaban J connectivity index is 3.37. The van der Waals surface area contributed by atoms with Gasteiger partial charge in [-0.05, 0) is 12.8 Å². The summed E-state index contributed by atoms with van der Waals surface area (Å²) < 4.78 is 11.3. The Bertz CT molecular complexity index is 276. The molecule has 0 aromatic rings. The molecule has 1 unspecified atom stereocenters. The average molecular weight is 334 g/mol. The lowest BCUT2D eigenvalue weighted by atomic mass is 10.0. The summed E-state index contributed by atoms with van der Waals surface area (Å²) in [6.45, 7) is 4.25. The predicted molar refractivity (Wildman–Crippen MR) is 96.4 cm³/mol. The lowest BCUT2D eigenvalue weighted by Crippen LogP contribution is -2.08. The largest absolute Gasteiger partial charge is 0.328 e. The van der Waals surface area contributed by atoms with Crippen LogP contribution in [0.25, 0.3) is 0 Å². The van der Waals surface area contributed by atoms with Gasteiger partial charge in [0.2, 0.25) is 0 Å². The molecule has 0 saturated heterocycles. The zero-order chi connectivity index (χ0) is 16.7. The molecule has 0 bridgehead atoms. The van der Waals surface area contributed by atoms with Gasteiger partial charge in [0.25, 0.3) is 0 Å². The highest BCUT2D eigenvalue weighted by molar-refractivity contribution is 7.52. The smallest absolute Gasteiger partial charge is 0.324 e. The fraction of sp³-hybridized carbons (Fsp3) is 1.00. The maximum atomic E-state index is 11.3. The van der Waals surface area contributed by atoms with E-state index in [1.807, 2.05) is 6.92 Å². The van der Waals surface area contributed by atoms with E-state index in [1.165, 1.54) is 64.2 Å². The lowest BCUT2D eigenvalue weighted by Gasteiger charge is -2.17. The molecule has 0 rings (SSSR count). The molecular formula is C18H39O3P. The van der Waals surface area contributed by atoms with Crippen LogP contribution in [0.1, 0.15) is 110 Å². The summed E-state index contributed by atoms with van der Waals surface area (Å²) in [5.74, 6) is 0. The van der Waals surface area contributed by atoms with Crippen LogP contribution in [0.4, 0.5) is 0 Å². The molecule has 0 aliphatic rings. The Hall–Kier alpha value is 0.150. The topological polar surface area (TPSA) is 57.5 Å². The molecule has 3 nitrogen and oxygen atoms in total. The molecule has 0 heterocycles. The van der Waals surface area contributed by atoms with Crippen LogP contribution < -0.4 is 0 Å². The molecule has 134 valence electrons. The first-order valence-corrected chi connectivity index (χ1v) is 11.3. The van der Waals surface area contributed by atoms with Crippen molar-refractivity contribution in [3.8, 4) is 0 Å². The molecule has 1 atom stereocenters. The van der Waals surface area contributed by atoms with Crippen molar-refractivity contribution < 1.29 is 14.4 Å². The van der Waals surface area contributed by atoms with Crippen LogP contribution in [0.15, 0.2) is 0 Å². The fourth-order valence-corrected chi connectivity index (χ4v) is 4.15. The molecule has 0 radical (unpaired) electrons. The van der Waals surface area contributed by atoms with E-state index in [1.54, 1.807) is 0 Å². The first-order valence-electron chi connectivity index (χ1n) is 9.57. The predicted octanol–water partition coefficient (Wildman–Crippen LogP) is 6.42. The van der Waals surface area contributed by atoms with Crippen LogP contribution in [0.5, 0.6) is 0 Å². The first kappa shape index (κ1) is 22.1. The van der Waals surface area contributed by atoms with Crippen molar-refractivity contribution in [3.05, 3.63) is 0 Å². The van der Waals surface area contributed by atoms with Crippen LogP contribution in [0.3, 0.4) is 0 Å². The Morgan fingerprint density at radius 2 is 1.05 bits per heavy atom. The normalized spacial score (nSPS) is 13.5. The van der Waals surface area contributed by atoms with E-state index in [0.717, 1.165) is 19.3 Å². The SMILES string of the molecule is CCCCCCCCCCCCCCC(CCC)P(=O)(O)O. The molecule has 0 aliphatic carbocycles. The monoisotopic (exact) mass is 334 g/mol. The number of hydrogen-bond acceptors (Lipinski definition) is 1. The quantitative estimate of drug-likeness (QED) is 0.253. The van der Waals surface area contributed by atoms with E-state index in [9.17, 15) is 14.4 Å². The van der Waals surface area contributed by atoms with Crippen LogP contribution in [-0.2, 0) is 4.57 Å². The van der Waals surface area contributed by atoms with Gasteiger partial charge in [0.15, 0.2) is 0 Å². The molecule has 0 fully saturated rings. The molecule has 0 aliphatic heterocycles. The molecule has 0 aromatic heterocycles. The highest BCUT2D eigenvalue weighted by atomic mass is 31.2. The van der Waals surface area contributed by atoms with E-state index in [4.69, 9.17) is 0 Å². The molecule has 2 N–H and O–H groups in total. The van der Waals surface area contributed by atoms with Crippen molar-refractivity contribution >= 4 is 7.60 Å². The van der Waals surface area contributed by atoms with Crippen LogP contribution in [-0.4, -0.2) is 15.4 Å². The number of hydrogen-bond donors (Lipinski definition) is 2. The Kier molecular flexibility index (Phi) is 14.8. The van der Waals surface area contributed by atoms with E-state index in [-0.39, 0.29) is 0 Å². The van der Waals surface area contributed by atoms with Crippen molar-refractivity contribution in [2.45, 2.75) is 116 Å². The Labute approximate surface area is 138 Å². The maximum absolute atomic E-state index is 11.3. The first-order chi connectivity index (χ1) is 10.5. The molecule has 0 saturated carbocycles. The van der Waals surface area contributed by atoms with E-state index >= 15 is 0 Å². The van der Waals surface area contributed by atoms with Gasteiger partial charge in [-0.3, -0.25) is 4.57 Å². The number of rotatable bonds is 16. The van der Waals surface area contributed by atoms with Gasteiger partial charge in [0.05, 0.1) is 5.66 Å².